The highest BCUT2D eigenvalue weighted by Crippen LogP contribution is 2.48. The molecule has 5 rings (SSSR count). The van der Waals surface area contributed by atoms with Crippen LogP contribution in [0.3, 0.4) is 0 Å². The topological polar surface area (TPSA) is 62.5 Å². The number of nitrogens with zero attached hydrogens (tertiary/aromatic N) is 4. The van der Waals surface area contributed by atoms with E-state index < -0.39 is 17.8 Å². The van der Waals surface area contributed by atoms with Crippen molar-refractivity contribution >= 4 is 17.5 Å². The third kappa shape index (κ3) is 3.54. The minimum Gasteiger partial charge on any atom is -0.363 e. The van der Waals surface area contributed by atoms with Crippen molar-refractivity contribution in [2.75, 3.05) is 5.32 Å². The monoisotopic (exact) mass is 457 g/mol. The number of aromatic nitrogens is 3. The summed E-state index contributed by atoms with van der Waals surface area (Å²) in [5, 5.41) is 3.32. The lowest BCUT2D eigenvalue weighted by atomic mass is 9.97. The molecular weight excluding hydrogens is 431 g/mol. The molecule has 33 heavy (non-hydrogen) atoms. The zero-order valence-electron chi connectivity index (χ0n) is 19.0. The average Bonchev–Trinajstić information content (AvgIpc) is 3.17. The number of nitrogens with one attached hydrogen (secondary N) is 1. The van der Waals surface area contributed by atoms with Gasteiger partial charge in [0.05, 0.1) is 36.6 Å². The summed E-state index contributed by atoms with van der Waals surface area (Å²) in [6, 6.07) is 3.81. The number of anilines is 1. The van der Waals surface area contributed by atoms with Crippen LogP contribution in [0.1, 0.15) is 66.4 Å². The van der Waals surface area contributed by atoms with Crippen molar-refractivity contribution in [3.05, 3.63) is 58.0 Å². The highest BCUT2D eigenvalue weighted by atomic mass is 19.4. The summed E-state index contributed by atoms with van der Waals surface area (Å²) in [6.07, 6.45) is -0.883. The van der Waals surface area contributed by atoms with Crippen molar-refractivity contribution in [1.29, 1.82) is 0 Å². The number of carbonyl (C=O) groups is 1. The van der Waals surface area contributed by atoms with E-state index in [9.17, 15) is 18.0 Å². The van der Waals surface area contributed by atoms with Gasteiger partial charge in [0.15, 0.2) is 0 Å². The highest BCUT2D eigenvalue weighted by molar-refractivity contribution is 5.85. The van der Waals surface area contributed by atoms with Crippen molar-refractivity contribution in [1.82, 2.24) is 19.3 Å². The fourth-order valence-electron chi connectivity index (χ4n) is 4.79. The second-order valence-corrected chi connectivity index (χ2v) is 9.53. The van der Waals surface area contributed by atoms with E-state index in [1.807, 2.05) is 30.1 Å². The molecule has 3 aromatic rings. The number of hydrogen-bond donors (Lipinski definition) is 1. The quantitative estimate of drug-likeness (QED) is 0.586. The summed E-state index contributed by atoms with van der Waals surface area (Å²) < 4.78 is 42.2. The van der Waals surface area contributed by atoms with Crippen LogP contribution in [0.4, 0.5) is 19.0 Å². The Morgan fingerprint density at radius 1 is 1.21 bits per heavy atom. The molecule has 0 radical (unpaired) electrons. The number of rotatable bonds is 4. The van der Waals surface area contributed by atoms with Crippen LogP contribution in [0.15, 0.2) is 24.4 Å². The molecule has 1 amide bonds. The number of carbonyl (C=O) groups excluding carboxylic acids is 1. The Kier molecular flexibility index (Phi) is 4.74. The van der Waals surface area contributed by atoms with Gasteiger partial charge >= 0.3 is 6.18 Å². The van der Waals surface area contributed by atoms with E-state index in [1.165, 1.54) is 13.0 Å². The lowest BCUT2D eigenvalue weighted by Gasteiger charge is -2.22. The van der Waals surface area contributed by atoms with Gasteiger partial charge in [0.2, 0.25) is 11.7 Å². The molecule has 0 spiro atoms. The first-order valence-corrected chi connectivity index (χ1v) is 11.1. The van der Waals surface area contributed by atoms with Gasteiger partial charge in [-0.15, -0.1) is 0 Å². The van der Waals surface area contributed by atoms with Gasteiger partial charge in [-0.25, -0.2) is 4.98 Å². The maximum atomic E-state index is 13.4. The summed E-state index contributed by atoms with van der Waals surface area (Å²) in [6.45, 7) is 8.13. The van der Waals surface area contributed by atoms with E-state index >= 15 is 0 Å². The molecule has 9 heteroatoms. The molecule has 1 aliphatic heterocycles. The van der Waals surface area contributed by atoms with Gasteiger partial charge in [0.25, 0.3) is 0 Å². The molecule has 3 heterocycles. The number of aryl methyl sites for hydroxylation is 1. The van der Waals surface area contributed by atoms with Crippen LogP contribution in [0.5, 0.6) is 0 Å². The number of alkyl halides is 3. The fraction of sp³-hybridized carbons (Fsp3) is 0.458. The number of halogens is 3. The zero-order valence-corrected chi connectivity index (χ0v) is 19.0. The van der Waals surface area contributed by atoms with Crippen molar-refractivity contribution in [3.63, 3.8) is 0 Å². The predicted molar refractivity (Wildman–Crippen MR) is 118 cm³/mol. The van der Waals surface area contributed by atoms with Crippen molar-refractivity contribution in [3.8, 4) is 0 Å². The van der Waals surface area contributed by atoms with Gasteiger partial charge in [-0.1, -0.05) is 19.1 Å². The van der Waals surface area contributed by atoms with E-state index in [-0.39, 0.29) is 16.9 Å². The molecule has 1 saturated carbocycles. The van der Waals surface area contributed by atoms with E-state index in [1.54, 1.807) is 12.3 Å². The van der Waals surface area contributed by atoms with Gasteiger partial charge in [-0.3, -0.25) is 9.20 Å². The number of imidazole rings is 1. The predicted octanol–water partition coefficient (Wildman–Crippen LogP) is 5.18. The van der Waals surface area contributed by atoms with E-state index in [0.717, 1.165) is 35.9 Å². The van der Waals surface area contributed by atoms with E-state index in [4.69, 9.17) is 0 Å². The highest BCUT2D eigenvalue weighted by Gasteiger charge is 2.48. The fourth-order valence-corrected chi connectivity index (χ4v) is 4.79. The van der Waals surface area contributed by atoms with Crippen LogP contribution in [0.2, 0.25) is 0 Å². The summed E-state index contributed by atoms with van der Waals surface area (Å²) in [7, 11) is 0. The molecule has 1 aromatic carbocycles. The van der Waals surface area contributed by atoms with Crippen LogP contribution < -0.4 is 5.32 Å². The summed E-state index contributed by atoms with van der Waals surface area (Å²) in [5.41, 5.74) is 2.58. The average molecular weight is 458 g/mol. The maximum absolute atomic E-state index is 13.4. The first-order valence-electron chi connectivity index (χ1n) is 11.1. The number of fused-ring (bicyclic) bond motifs is 3. The van der Waals surface area contributed by atoms with Crippen LogP contribution in [-0.2, 0) is 24.1 Å². The molecule has 1 aliphatic carbocycles. The van der Waals surface area contributed by atoms with Crippen LogP contribution >= 0.6 is 0 Å². The Bertz CT molecular complexity index is 1280. The summed E-state index contributed by atoms with van der Waals surface area (Å²) in [5.74, 6) is 1.20. The molecule has 0 bridgehead atoms. The minimum atomic E-state index is -4.41. The largest absolute Gasteiger partial charge is 0.416 e. The molecule has 6 nitrogen and oxygen atoms in total. The van der Waals surface area contributed by atoms with Crippen LogP contribution in [-0.4, -0.2) is 25.2 Å². The molecule has 2 aliphatic rings. The zero-order chi connectivity index (χ0) is 23.7. The third-order valence-corrected chi connectivity index (χ3v) is 7.03. The summed E-state index contributed by atoms with van der Waals surface area (Å²) >= 11 is 0. The molecule has 2 aromatic heterocycles. The standard InChI is InChI=1S/C24H26F3N5O/c1-13-10-28-22-30-20(29-15(3)16-6-5-7-18(14(16)2)24(25,26)27)17-11-31(12-19(17)32(13)22)21(33)23(4)8-9-23/h5-7,10,15H,8-9,11-12H2,1-4H3,(H,28,29,30)/t15-/m1/s1. The van der Waals surface area contributed by atoms with Crippen molar-refractivity contribution < 1.29 is 18.0 Å². The third-order valence-electron chi connectivity index (χ3n) is 7.03. The number of benzene rings is 1. The Morgan fingerprint density at radius 3 is 2.61 bits per heavy atom. The van der Waals surface area contributed by atoms with Crippen molar-refractivity contribution in [2.24, 2.45) is 5.41 Å². The van der Waals surface area contributed by atoms with Gasteiger partial charge in [0, 0.05) is 16.7 Å². The molecule has 0 saturated heterocycles. The SMILES string of the molecule is Cc1c([C@@H](C)Nc2nc3ncc(C)n3c3c2CN(C(=O)C2(C)CC2)C3)cccc1C(F)(F)F. The summed E-state index contributed by atoms with van der Waals surface area (Å²) in [4.78, 5) is 24.0. The van der Waals surface area contributed by atoms with Crippen LogP contribution in [0.25, 0.3) is 5.78 Å². The Balaban J connectivity index is 1.52. The smallest absolute Gasteiger partial charge is 0.363 e. The van der Waals surface area contributed by atoms with E-state index in [0.29, 0.717) is 30.2 Å². The molecule has 1 fully saturated rings. The molecule has 174 valence electrons. The molecule has 1 N–H and O–H groups in total. The first kappa shape index (κ1) is 21.7. The number of hydrogen-bond acceptors (Lipinski definition) is 4. The molecular formula is C24H26F3N5O. The van der Waals surface area contributed by atoms with Gasteiger partial charge in [-0.2, -0.15) is 18.2 Å². The Morgan fingerprint density at radius 2 is 1.94 bits per heavy atom. The van der Waals surface area contributed by atoms with Gasteiger partial charge in [-0.05, 0) is 50.8 Å². The molecule has 1 atom stereocenters. The normalized spacial score (nSPS) is 17.8. The maximum Gasteiger partial charge on any atom is 0.416 e. The first-order chi connectivity index (χ1) is 15.5. The van der Waals surface area contributed by atoms with Gasteiger partial charge < -0.3 is 10.2 Å². The second-order valence-electron chi connectivity index (χ2n) is 9.53. The van der Waals surface area contributed by atoms with Crippen LogP contribution in [0, 0.1) is 19.3 Å². The lowest BCUT2D eigenvalue weighted by Crippen LogP contribution is -2.31. The van der Waals surface area contributed by atoms with E-state index in [2.05, 4.69) is 15.3 Å². The Hall–Kier alpha value is -3.10. The van der Waals surface area contributed by atoms with Gasteiger partial charge in [0.1, 0.15) is 5.82 Å². The van der Waals surface area contributed by atoms with Crippen molar-refractivity contribution in [2.45, 2.75) is 65.8 Å². The number of amides is 1. The second kappa shape index (κ2) is 7.20. The lowest BCUT2D eigenvalue weighted by molar-refractivity contribution is -0.138. The minimum absolute atomic E-state index is 0.136. The Labute approximate surface area is 189 Å². The molecule has 0 unspecified atom stereocenters.